The molecule has 1 N–H and O–H groups in total. The third-order valence-electron chi connectivity index (χ3n) is 4.48. The van der Waals surface area contributed by atoms with Crippen molar-refractivity contribution in [2.75, 3.05) is 18.1 Å². The lowest BCUT2D eigenvalue weighted by atomic mass is 10.1. The van der Waals surface area contributed by atoms with E-state index in [0.717, 1.165) is 35.7 Å². The van der Waals surface area contributed by atoms with Crippen molar-refractivity contribution in [1.29, 1.82) is 0 Å². The molecule has 0 atom stereocenters. The van der Waals surface area contributed by atoms with Crippen molar-refractivity contribution in [1.82, 2.24) is 0 Å². The molecule has 0 amide bonds. The minimum atomic E-state index is -0.776. The Morgan fingerprint density at radius 3 is 1.93 bits per heavy atom. The maximum Gasteiger partial charge on any atom is 0.303 e. The Bertz CT molecular complexity index is 809. The average Bonchev–Trinajstić information content (AvgIpc) is 2.74. The van der Waals surface area contributed by atoms with E-state index in [-0.39, 0.29) is 6.42 Å². The van der Waals surface area contributed by atoms with Crippen LogP contribution in [0.25, 0.3) is 0 Å². The minimum Gasteiger partial charge on any atom is -0.494 e. The first kappa shape index (κ1) is 19.5. The summed E-state index contributed by atoms with van der Waals surface area (Å²) in [6.45, 7) is 1.47. The van der Waals surface area contributed by atoms with Gasteiger partial charge in [0, 0.05) is 24.3 Å². The van der Waals surface area contributed by atoms with E-state index in [1.54, 1.807) is 0 Å². The van der Waals surface area contributed by atoms with Gasteiger partial charge in [-0.25, -0.2) is 0 Å². The molecule has 3 rings (SSSR count). The van der Waals surface area contributed by atoms with Crippen LogP contribution in [0.2, 0.25) is 0 Å². The van der Waals surface area contributed by atoms with Crippen LogP contribution in [0.3, 0.4) is 0 Å². The third kappa shape index (κ3) is 5.88. The normalized spacial score (nSPS) is 10.4. The van der Waals surface area contributed by atoms with E-state index in [4.69, 9.17) is 9.84 Å². The molecule has 0 saturated carbocycles. The molecule has 0 spiro atoms. The van der Waals surface area contributed by atoms with Crippen LogP contribution in [-0.4, -0.2) is 24.2 Å². The van der Waals surface area contributed by atoms with E-state index in [9.17, 15) is 4.79 Å². The number of para-hydroxylation sites is 2. The molecule has 0 aliphatic heterocycles. The average molecular weight is 375 g/mol. The molecule has 0 heterocycles. The zero-order chi connectivity index (χ0) is 19.6. The van der Waals surface area contributed by atoms with Gasteiger partial charge < -0.3 is 14.7 Å². The SMILES string of the molecule is O=C(O)CCc1ccc(OCCCN(c2ccccc2)c2ccccc2)cc1. The summed E-state index contributed by atoms with van der Waals surface area (Å²) in [4.78, 5) is 12.9. The number of nitrogens with zero attached hydrogens (tertiary/aromatic N) is 1. The number of benzene rings is 3. The summed E-state index contributed by atoms with van der Waals surface area (Å²) in [5, 5.41) is 8.75. The van der Waals surface area contributed by atoms with Gasteiger partial charge in [0.15, 0.2) is 0 Å². The molecule has 0 aliphatic carbocycles. The molecular weight excluding hydrogens is 350 g/mol. The fraction of sp³-hybridized carbons (Fsp3) is 0.208. The van der Waals surface area contributed by atoms with Crippen LogP contribution in [-0.2, 0) is 11.2 Å². The Labute approximate surface area is 166 Å². The summed E-state index contributed by atoms with van der Waals surface area (Å²) in [7, 11) is 0. The molecular formula is C24H25NO3. The number of hydrogen-bond donors (Lipinski definition) is 1. The van der Waals surface area contributed by atoms with Crippen LogP contribution < -0.4 is 9.64 Å². The van der Waals surface area contributed by atoms with Crippen molar-refractivity contribution in [2.24, 2.45) is 0 Å². The number of ether oxygens (including phenoxy) is 1. The highest BCUT2D eigenvalue weighted by Crippen LogP contribution is 2.25. The molecule has 4 nitrogen and oxygen atoms in total. The highest BCUT2D eigenvalue weighted by Gasteiger charge is 2.08. The number of hydrogen-bond acceptors (Lipinski definition) is 3. The van der Waals surface area contributed by atoms with Gasteiger partial charge in [-0.3, -0.25) is 4.79 Å². The van der Waals surface area contributed by atoms with Crippen LogP contribution in [0.1, 0.15) is 18.4 Å². The molecule has 0 saturated heterocycles. The number of rotatable bonds is 10. The quantitative estimate of drug-likeness (QED) is 0.488. The third-order valence-corrected chi connectivity index (χ3v) is 4.48. The molecule has 3 aromatic carbocycles. The minimum absolute atomic E-state index is 0.148. The molecule has 28 heavy (non-hydrogen) atoms. The van der Waals surface area contributed by atoms with Gasteiger partial charge in [-0.1, -0.05) is 48.5 Å². The first-order chi connectivity index (χ1) is 13.7. The first-order valence-electron chi connectivity index (χ1n) is 9.53. The molecule has 0 aliphatic rings. The summed E-state index contributed by atoms with van der Waals surface area (Å²) in [6, 6.07) is 28.4. The number of carbonyl (C=O) groups is 1. The van der Waals surface area contributed by atoms with Crippen LogP contribution >= 0.6 is 0 Å². The van der Waals surface area contributed by atoms with Crippen LogP contribution in [0.15, 0.2) is 84.9 Å². The maximum atomic E-state index is 10.6. The Morgan fingerprint density at radius 1 is 0.821 bits per heavy atom. The van der Waals surface area contributed by atoms with Gasteiger partial charge >= 0.3 is 5.97 Å². The number of aryl methyl sites for hydroxylation is 1. The van der Waals surface area contributed by atoms with E-state index >= 15 is 0 Å². The molecule has 3 aromatic rings. The van der Waals surface area contributed by atoms with Crippen molar-refractivity contribution in [3.8, 4) is 5.75 Å². The van der Waals surface area contributed by atoms with E-state index in [0.29, 0.717) is 13.0 Å². The molecule has 0 radical (unpaired) electrons. The van der Waals surface area contributed by atoms with Crippen LogP contribution in [0.4, 0.5) is 11.4 Å². The zero-order valence-corrected chi connectivity index (χ0v) is 15.8. The van der Waals surface area contributed by atoms with Gasteiger partial charge in [-0.15, -0.1) is 0 Å². The fourth-order valence-corrected chi connectivity index (χ4v) is 3.04. The zero-order valence-electron chi connectivity index (χ0n) is 15.8. The van der Waals surface area contributed by atoms with Gasteiger partial charge in [0.1, 0.15) is 5.75 Å². The van der Waals surface area contributed by atoms with Gasteiger partial charge in [0.25, 0.3) is 0 Å². The largest absolute Gasteiger partial charge is 0.494 e. The summed E-state index contributed by atoms with van der Waals surface area (Å²) < 4.78 is 5.87. The van der Waals surface area contributed by atoms with Crippen molar-refractivity contribution in [3.63, 3.8) is 0 Å². The van der Waals surface area contributed by atoms with Gasteiger partial charge in [0.05, 0.1) is 6.61 Å². The standard InChI is InChI=1S/C24H25NO3/c26-24(27)17-14-20-12-15-23(16-13-20)28-19-7-18-25(21-8-3-1-4-9-21)22-10-5-2-6-11-22/h1-6,8-13,15-16H,7,14,17-19H2,(H,26,27). The van der Waals surface area contributed by atoms with Crippen molar-refractivity contribution < 1.29 is 14.6 Å². The molecule has 144 valence electrons. The van der Waals surface area contributed by atoms with Gasteiger partial charge in [0.2, 0.25) is 0 Å². The predicted octanol–water partition coefficient (Wildman–Crippen LogP) is 5.31. The van der Waals surface area contributed by atoms with E-state index in [1.807, 2.05) is 60.7 Å². The number of aliphatic carboxylic acids is 1. The van der Waals surface area contributed by atoms with Crippen molar-refractivity contribution in [3.05, 3.63) is 90.5 Å². The van der Waals surface area contributed by atoms with Crippen LogP contribution in [0, 0.1) is 0 Å². The fourth-order valence-electron chi connectivity index (χ4n) is 3.04. The Morgan fingerprint density at radius 2 is 1.39 bits per heavy atom. The van der Waals surface area contributed by atoms with Crippen molar-refractivity contribution in [2.45, 2.75) is 19.3 Å². The lowest BCUT2D eigenvalue weighted by Crippen LogP contribution is -2.20. The van der Waals surface area contributed by atoms with Gasteiger partial charge in [-0.2, -0.15) is 0 Å². The summed E-state index contributed by atoms with van der Waals surface area (Å²) in [6.07, 6.45) is 1.57. The Balaban J connectivity index is 1.53. The van der Waals surface area contributed by atoms with Gasteiger partial charge in [-0.05, 0) is 54.8 Å². The van der Waals surface area contributed by atoms with E-state index in [1.165, 1.54) is 0 Å². The first-order valence-corrected chi connectivity index (χ1v) is 9.53. The molecule has 0 bridgehead atoms. The highest BCUT2D eigenvalue weighted by atomic mass is 16.5. The summed E-state index contributed by atoms with van der Waals surface area (Å²) in [5.74, 6) is 0.0340. The predicted molar refractivity (Wildman–Crippen MR) is 112 cm³/mol. The second-order valence-corrected chi connectivity index (χ2v) is 6.56. The molecule has 0 aromatic heterocycles. The lowest BCUT2D eigenvalue weighted by Gasteiger charge is -2.25. The Kier molecular flexibility index (Phi) is 7.08. The summed E-state index contributed by atoms with van der Waals surface area (Å²) in [5.41, 5.74) is 3.34. The lowest BCUT2D eigenvalue weighted by molar-refractivity contribution is -0.136. The van der Waals surface area contributed by atoms with E-state index in [2.05, 4.69) is 29.2 Å². The Hall–Kier alpha value is -3.27. The number of carboxylic acid groups (broad SMARTS) is 1. The number of carboxylic acids is 1. The summed E-state index contributed by atoms with van der Waals surface area (Å²) >= 11 is 0. The smallest absolute Gasteiger partial charge is 0.303 e. The highest BCUT2D eigenvalue weighted by molar-refractivity contribution is 5.67. The number of anilines is 2. The van der Waals surface area contributed by atoms with Crippen LogP contribution in [0.5, 0.6) is 5.75 Å². The molecule has 4 heteroatoms. The maximum absolute atomic E-state index is 10.6. The second kappa shape index (κ2) is 10.2. The molecule has 0 unspecified atom stereocenters. The monoisotopic (exact) mass is 375 g/mol. The van der Waals surface area contributed by atoms with E-state index < -0.39 is 5.97 Å². The molecule has 0 fully saturated rings. The topological polar surface area (TPSA) is 49.8 Å². The second-order valence-electron chi connectivity index (χ2n) is 6.56. The van der Waals surface area contributed by atoms with Crippen molar-refractivity contribution >= 4 is 17.3 Å².